The van der Waals surface area contributed by atoms with Crippen molar-refractivity contribution >= 4 is 5.97 Å². The van der Waals surface area contributed by atoms with Crippen LogP contribution in [0, 0.1) is 0 Å². The summed E-state index contributed by atoms with van der Waals surface area (Å²) in [6, 6.07) is 0. The molecular weight excluding hydrogens is 234 g/mol. The Bertz CT molecular complexity index is 558. The molecule has 1 N–H and O–H groups in total. The van der Waals surface area contributed by atoms with E-state index in [1.807, 2.05) is 7.05 Å². The lowest BCUT2D eigenvalue weighted by molar-refractivity contribution is 0.0691. The highest BCUT2D eigenvalue weighted by Gasteiger charge is 2.22. The fourth-order valence-electron chi connectivity index (χ4n) is 1.76. The van der Waals surface area contributed by atoms with Gasteiger partial charge in [-0.05, 0) is 6.42 Å². The van der Waals surface area contributed by atoms with E-state index in [1.165, 1.54) is 0 Å². The van der Waals surface area contributed by atoms with Gasteiger partial charge < -0.3 is 9.67 Å². The van der Waals surface area contributed by atoms with E-state index in [1.54, 1.807) is 21.8 Å². The lowest BCUT2D eigenvalue weighted by Gasteiger charge is -2.06. The van der Waals surface area contributed by atoms with Crippen LogP contribution in [-0.2, 0) is 13.6 Å². The van der Waals surface area contributed by atoms with Crippen molar-refractivity contribution < 1.29 is 9.90 Å². The van der Waals surface area contributed by atoms with Crippen LogP contribution in [0.5, 0.6) is 0 Å². The number of carboxylic acid groups (broad SMARTS) is 1. The maximum Gasteiger partial charge on any atom is 0.358 e. The van der Waals surface area contributed by atoms with Crippen LogP contribution in [0.3, 0.4) is 0 Å². The van der Waals surface area contributed by atoms with E-state index in [2.05, 4.69) is 22.2 Å². The summed E-state index contributed by atoms with van der Waals surface area (Å²) >= 11 is 0. The highest BCUT2D eigenvalue weighted by molar-refractivity contribution is 5.92. The molecule has 96 valence electrons. The second-order valence-electron chi connectivity index (χ2n) is 4.06. The first-order chi connectivity index (χ1) is 8.65. The molecule has 0 aromatic carbocycles. The molecule has 7 nitrogen and oxygen atoms in total. The second-order valence-corrected chi connectivity index (χ2v) is 4.06. The Morgan fingerprint density at radius 1 is 1.50 bits per heavy atom. The second kappa shape index (κ2) is 4.99. The van der Waals surface area contributed by atoms with Gasteiger partial charge in [0.05, 0.1) is 18.2 Å². The molecule has 0 radical (unpaired) electrons. The number of aromatic carboxylic acids is 1. The average molecular weight is 249 g/mol. The summed E-state index contributed by atoms with van der Waals surface area (Å²) in [6.07, 6.45) is 5.17. The van der Waals surface area contributed by atoms with Gasteiger partial charge in [0, 0.05) is 13.6 Å². The highest BCUT2D eigenvalue weighted by Crippen LogP contribution is 2.21. The number of imidazole rings is 1. The van der Waals surface area contributed by atoms with Gasteiger partial charge in [-0.1, -0.05) is 18.6 Å². The van der Waals surface area contributed by atoms with Gasteiger partial charge in [-0.3, -0.25) is 0 Å². The summed E-state index contributed by atoms with van der Waals surface area (Å²) in [7, 11) is 1.81. The molecule has 0 saturated carbocycles. The molecule has 0 unspecified atom stereocenters. The van der Waals surface area contributed by atoms with Gasteiger partial charge in [-0.25, -0.2) is 14.5 Å². The summed E-state index contributed by atoms with van der Waals surface area (Å²) in [6.45, 7) is 2.72. The Morgan fingerprint density at radius 2 is 2.28 bits per heavy atom. The standard InChI is InChI=1S/C11H15N5O2/c1-3-4-5-16-10(8-6-12-7-15(8)2)9(11(17)18)13-14-16/h6-7H,3-5H2,1-2H3,(H,17,18). The molecule has 2 rings (SSSR count). The summed E-state index contributed by atoms with van der Waals surface area (Å²) in [5.74, 6) is -1.08. The molecular formula is C11H15N5O2. The van der Waals surface area contributed by atoms with Crippen molar-refractivity contribution in [3.63, 3.8) is 0 Å². The van der Waals surface area contributed by atoms with Crippen molar-refractivity contribution in [2.24, 2.45) is 7.05 Å². The van der Waals surface area contributed by atoms with Crippen LogP contribution in [-0.4, -0.2) is 35.6 Å². The van der Waals surface area contributed by atoms with E-state index in [0.29, 0.717) is 17.9 Å². The molecule has 2 aromatic heterocycles. The van der Waals surface area contributed by atoms with E-state index < -0.39 is 5.97 Å². The first-order valence-corrected chi connectivity index (χ1v) is 5.78. The molecule has 0 aliphatic rings. The summed E-state index contributed by atoms with van der Waals surface area (Å²) < 4.78 is 3.39. The van der Waals surface area contributed by atoms with Crippen molar-refractivity contribution in [2.75, 3.05) is 0 Å². The molecule has 7 heteroatoms. The lowest BCUT2D eigenvalue weighted by Crippen LogP contribution is -2.07. The normalized spacial score (nSPS) is 10.8. The number of carboxylic acids is 1. The molecule has 0 atom stereocenters. The topological polar surface area (TPSA) is 85.8 Å². The molecule has 0 amide bonds. The minimum Gasteiger partial charge on any atom is -0.476 e. The molecule has 0 bridgehead atoms. The maximum atomic E-state index is 11.2. The number of nitrogens with zero attached hydrogens (tertiary/aromatic N) is 5. The van der Waals surface area contributed by atoms with E-state index in [9.17, 15) is 4.79 Å². The number of aromatic nitrogens is 5. The Balaban J connectivity index is 2.50. The minimum atomic E-state index is -1.08. The number of hydrogen-bond donors (Lipinski definition) is 1. The molecule has 18 heavy (non-hydrogen) atoms. The van der Waals surface area contributed by atoms with Crippen molar-refractivity contribution in [1.29, 1.82) is 0 Å². The third-order valence-corrected chi connectivity index (χ3v) is 2.72. The number of carbonyl (C=O) groups is 1. The Kier molecular flexibility index (Phi) is 3.40. The van der Waals surface area contributed by atoms with Crippen molar-refractivity contribution in [3.8, 4) is 11.4 Å². The number of aryl methyl sites for hydroxylation is 2. The van der Waals surface area contributed by atoms with Crippen LogP contribution >= 0.6 is 0 Å². The molecule has 0 saturated heterocycles. The third-order valence-electron chi connectivity index (χ3n) is 2.72. The summed E-state index contributed by atoms with van der Waals surface area (Å²) in [4.78, 5) is 15.2. The fraction of sp³-hybridized carbons (Fsp3) is 0.455. The largest absolute Gasteiger partial charge is 0.476 e. The van der Waals surface area contributed by atoms with E-state index in [0.717, 1.165) is 12.8 Å². The SMILES string of the molecule is CCCCn1nnc(C(=O)O)c1-c1cncn1C. The van der Waals surface area contributed by atoms with Crippen LogP contribution < -0.4 is 0 Å². The average Bonchev–Trinajstić information content (AvgIpc) is 2.91. The minimum absolute atomic E-state index is 0.0327. The number of rotatable bonds is 5. The number of hydrogen-bond acceptors (Lipinski definition) is 4. The summed E-state index contributed by atoms with van der Waals surface area (Å²) in [5.41, 5.74) is 1.18. The monoisotopic (exact) mass is 249 g/mol. The van der Waals surface area contributed by atoms with Crippen molar-refractivity contribution in [1.82, 2.24) is 24.5 Å². The van der Waals surface area contributed by atoms with Gasteiger partial charge in [0.25, 0.3) is 0 Å². The van der Waals surface area contributed by atoms with Crippen LogP contribution in [0.15, 0.2) is 12.5 Å². The molecule has 0 fully saturated rings. The van der Waals surface area contributed by atoms with Crippen molar-refractivity contribution in [3.05, 3.63) is 18.2 Å². The van der Waals surface area contributed by atoms with Crippen molar-refractivity contribution in [2.45, 2.75) is 26.3 Å². The van der Waals surface area contributed by atoms with Crippen LogP contribution in [0.4, 0.5) is 0 Å². The first kappa shape index (κ1) is 12.3. The Labute approximate surface area is 104 Å². The molecule has 0 aliphatic carbocycles. The van der Waals surface area contributed by atoms with E-state index in [4.69, 9.17) is 5.11 Å². The predicted molar refractivity (Wildman–Crippen MR) is 64.1 cm³/mol. The van der Waals surface area contributed by atoms with E-state index >= 15 is 0 Å². The Hall–Kier alpha value is -2.18. The van der Waals surface area contributed by atoms with Gasteiger partial charge in [0.2, 0.25) is 0 Å². The third kappa shape index (κ3) is 2.11. The first-order valence-electron chi connectivity index (χ1n) is 5.78. The maximum absolute atomic E-state index is 11.2. The van der Waals surface area contributed by atoms with Crippen LogP contribution in [0.1, 0.15) is 30.3 Å². The number of unbranched alkanes of at least 4 members (excludes halogenated alkanes) is 1. The molecule has 0 spiro atoms. The zero-order valence-corrected chi connectivity index (χ0v) is 10.4. The molecule has 2 aromatic rings. The molecule has 0 aliphatic heterocycles. The van der Waals surface area contributed by atoms with Gasteiger partial charge >= 0.3 is 5.97 Å². The highest BCUT2D eigenvalue weighted by atomic mass is 16.4. The zero-order valence-electron chi connectivity index (χ0n) is 10.4. The fourth-order valence-corrected chi connectivity index (χ4v) is 1.76. The Morgan fingerprint density at radius 3 is 2.83 bits per heavy atom. The van der Waals surface area contributed by atoms with Crippen LogP contribution in [0.25, 0.3) is 11.4 Å². The smallest absolute Gasteiger partial charge is 0.358 e. The van der Waals surface area contributed by atoms with Gasteiger partial charge in [-0.15, -0.1) is 5.10 Å². The van der Waals surface area contributed by atoms with Gasteiger partial charge in [0.15, 0.2) is 5.69 Å². The summed E-state index contributed by atoms with van der Waals surface area (Å²) in [5, 5.41) is 16.8. The predicted octanol–water partition coefficient (Wildman–Crippen LogP) is 1.18. The van der Waals surface area contributed by atoms with Crippen LogP contribution in [0.2, 0.25) is 0 Å². The lowest BCUT2D eigenvalue weighted by atomic mass is 10.2. The zero-order chi connectivity index (χ0) is 13.1. The van der Waals surface area contributed by atoms with Gasteiger partial charge in [-0.2, -0.15) is 0 Å². The molecule has 2 heterocycles. The van der Waals surface area contributed by atoms with E-state index in [-0.39, 0.29) is 5.69 Å². The quantitative estimate of drug-likeness (QED) is 0.859. The van der Waals surface area contributed by atoms with Gasteiger partial charge in [0.1, 0.15) is 5.69 Å².